The van der Waals surface area contributed by atoms with E-state index in [2.05, 4.69) is 93.5 Å². The zero-order valence-corrected chi connectivity index (χ0v) is 61.0. The van der Waals surface area contributed by atoms with Crippen molar-refractivity contribution < 1.29 is 29.4 Å². The van der Waals surface area contributed by atoms with E-state index in [4.69, 9.17) is 34.8 Å². The van der Waals surface area contributed by atoms with Gasteiger partial charge in [-0.15, -0.1) is 4.84 Å². The minimum absolute atomic E-state index is 0.752. The molecule has 7 atom stereocenters. The first-order valence-electron chi connectivity index (χ1n) is 22.4. The fourth-order valence-electron chi connectivity index (χ4n) is 9.69. The van der Waals surface area contributed by atoms with Crippen LogP contribution in [0, 0.1) is 49.1 Å². The Kier molecular flexibility index (Phi) is 25.5. The Morgan fingerprint density at radius 1 is 0.562 bits per heavy atom. The average Bonchev–Trinajstić information content (AvgIpc) is 3.29. The summed E-state index contributed by atoms with van der Waals surface area (Å²) in [5.41, 5.74) is 0. The summed E-state index contributed by atoms with van der Waals surface area (Å²) in [5.74, 6) is 0. The van der Waals surface area contributed by atoms with E-state index in [1.165, 1.54) is 14.2 Å². The van der Waals surface area contributed by atoms with E-state index in [0.717, 1.165) is 0 Å². The molecule has 0 radical (unpaired) electrons. The van der Waals surface area contributed by atoms with Gasteiger partial charge in [-0.05, 0) is 147 Å². The summed E-state index contributed by atoms with van der Waals surface area (Å²) in [5, 5.41) is 7.25. The van der Waals surface area contributed by atoms with Crippen LogP contribution in [0.3, 0.4) is 0 Å². The van der Waals surface area contributed by atoms with Gasteiger partial charge in [0.15, 0.2) is 34.2 Å². The highest BCUT2D eigenvalue weighted by Gasteiger charge is 2.71. The third kappa shape index (κ3) is 15.4. The Hall–Kier alpha value is -1.48. The van der Waals surface area contributed by atoms with Gasteiger partial charge in [-0.1, -0.05) is 43.2 Å². The molecule has 0 heterocycles. The highest BCUT2D eigenvalue weighted by Crippen LogP contribution is 2.52. The molecule has 0 bridgehead atoms. The molecule has 0 aliphatic rings. The third-order valence-electron chi connectivity index (χ3n) is 13.5. The summed E-state index contributed by atoms with van der Waals surface area (Å²) in [6, 6.07) is -0.752. The van der Waals surface area contributed by atoms with Crippen LogP contribution in [0.15, 0.2) is 48.4 Å². The molecule has 33 nitrogen and oxygen atoms in total. The number of nitrogens with two attached hydrogens (primary N) is 1. The molecule has 0 saturated heterocycles. The standard InChI is InChI=1S/C26H78N16O17Si14/c1-25(41(63(10,11)12)65(15,16)40(5)66(17,18)42(64(13,14)27)70(24,30-45)39(4)62(29-44)38(3)61(9)28-43)26(2,69(23,54-7)57-68(21,22)56-67(19,20)53-6)60(8)55-72(34-49,35-50)59-73(36-51,37-52)58-71(31-46,32-47)33-48/h25,60-62H,27H2,1-24H3/t25-,26+,60?,61?,62?,69?,70?/m0/s1. The van der Waals surface area contributed by atoms with Crippen LogP contribution in [0.4, 0.5) is 0 Å². The van der Waals surface area contributed by atoms with E-state index in [0.29, 0.717) is 0 Å². The molecule has 0 aromatic rings. The first kappa shape index (κ1) is 71.5. The number of hydrogen-bond acceptors (Lipinski definition) is 33. The second kappa shape index (κ2) is 26.0. The maximum Gasteiger partial charge on any atom is 0.708 e. The first-order valence-corrected chi connectivity index (χ1v) is 56.1. The summed E-state index contributed by atoms with van der Waals surface area (Å²) in [7, 11) is -45.4. The van der Waals surface area contributed by atoms with Crippen molar-refractivity contribution in [2.24, 2.45) is 53.8 Å². The van der Waals surface area contributed by atoms with Crippen molar-refractivity contribution in [3.8, 4) is 0 Å². The molecule has 420 valence electrons. The van der Waals surface area contributed by atoms with Crippen LogP contribution in [0.2, 0.25) is 116 Å². The van der Waals surface area contributed by atoms with Gasteiger partial charge in [0.25, 0.3) is 9.12 Å². The molecule has 0 fully saturated rings. The molecule has 0 aliphatic carbocycles. The lowest BCUT2D eigenvalue weighted by molar-refractivity contribution is 0.212. The van der Waals surface area contributed by atoms with Crippen molar-refractivity contribution >= 4 is 122 Å². The molecule has 73 heavy (non-hydrogen) atoms. The van der Waals surface area contributed by atoms with Gasteiger partial charge in [-0.2, -0.15) is 49.1 Å². The molecule has 0 saturated carbocycles. The van der Waals surface area contributed by atoms with Gasteiger partial charge in [0.1, 0.15) is 8.24 Å². The smallest absolute Gasteiger partial charge is 0.415 e. The van der Waals surface area contributed by atoms with Crippen LogP contribution in [0.25, 0.3) is 0 Å². The number of nitroso groups, excluding NO2 is 10. The maximum absolute atomic E-state index is 13.6. The Morgan fingerprint density at radius 3 is 1.34 bits per heavy atom. The average molecular weight is 1280 g/mol. The zero-order chi connectivity index (χ0) is 58.2. The zero-order valence-electron chi connectivity index (χ0n) is 46.5. The van der Waals surface area contributed by atoms with E-state index in [1.54, 1.807) is 68.8 Å². The summed E-state index contributed by atoms with van der Waals surface area (Å²) < 4.78 is 51.2. The largest absolute Gasteiger partial charge is 0.708 e. The van der Waals surface area contributed by atoms with Crippen molar-refractivity contribution in [3.63, 3.8) is 0 Å². The fraction of sp³-hybridized carbons (Fsp3) is 1.00. The Bertz CT molecular complexity index is 1970. The predicted molar refractivity (Wildman–Crippen MR) is 311 cm³/mol. The second-order valence-electron chi connectivity index (χ2n) is 21.2. The molecular weight excluding hydrogens is 1200 g/mol. The van der Waals surface area contributed by atoms with Crippen LogP contribution in [0.5, 0.6) is 0 Å². The summed E-state index contributed by atoms with van der Waals surface area (Å²) in [6.07, 6.45) is 0. The summed E-state index contributed by atoms with van der Waals surface area (Å²) in [6.45, 7) is 36.0. The van der Waals surface area contributed by atoms with Crippen molar-refractivity contribution in [2.45, 2.75) is 136 Å². The molecule has 0 amide bonds. The minimum Gasteiger partial charge on any atom is -0.415 e. The van der Waals surface area contributed by atoms with Gasteiger partial charge in [0.05, 0.1) is 0 Å². The molecule has 0 rings (SSSR count). The first-order chi connectivity index (χ1) is 32.9. The predicted octanol–water partition coefficient (Wildman–Crippen LogP) is 5.28. The topological polar surface area (TPSA) is 401 Å². The van der Waals surface area contributed by atoms with Crippen molar-refractivity contribution in [3.05, 3.63) is 49.1 Å². The lowest BCUT2D eigenvalue weighted by atomic mass is 10.2. The molecule has 2 N–H and O–H groups in total. The lowest BCUT2D eigenvalue weighted by Crippen LogP contribution is -2.88. The van der Waals surface area contributed by atoms with E-state index in [9.17, 15) is 49.1 Å². The van der Waals surface area contributed by atoms with Gasteiger partial charge in [-0.3, -0.25) is 4.23 Å². The molecule has 0 aromatic carbocycles. The van der Waals surface area contributed by atoms with Crippen molar-refractivity contribution in [1.82, 2.24) is 20.8 Å². The molecule has 47 heteroatoms. The molecular formula is C26H78N16O17Si14. The highest BCUT2D eigenvalue weighted by atomic mass is 28.5. The maximum atomic E-state index is 13.6. The minimum atomic E-state index is -6.05. The Balaban J connectivity index is 8.88. The number of rotatable bonds is 37. The van der Waals surface area contributed by atoms with Crippen LogP contribution in [-0.2, 0) is 29.4 Å². The van der Waals surface area contributed by atoms with Gasteiger partial charge in [0.2, 0.25) is 0 Å². The number of hydrogen-bond donors (Lipinski definition) is 1. The van der Waals surface area contributed by atoms with Crippen molar-refractivity contribution in [1.29, 1.82) is 0 Å². The highest BCUT2D eigenvalue weighted by molar-refractivity contribution is 7.07. The molecule has 0 aromatic heterocycles. The fourth-order valence-corrected chi connectivity index (χ4v) is 77.4. The van der Waals surface area contributed by atoms with Crippen LogP contribution in [0.1, 0.15) is 13.8 Å². The molecule has 5 unspecified atom stereocenters. The van der Waals surface area contributed by atoms with Gasteiger partial charge >= 0.3 is 70.1 Å². The quantitative estimate of drug-likeness (QED) is 0.0610. The Morgan fingerprint density at radius 2 is 1.01 bits per heavy atom. The van der Waals surface area contributed by atoms with Crippen LogP contribution < -0.4 is 5.40 Å². The van der Waals surface area contributed by atoms with E-state index < -0.39 is 132 Å². The molecule has 0 aliphatic heterocycles. The van der Waals surface area contributed by atoms with E-state index >= 15 is 0 Å². The lowest BCUT2D eigenvalue weighted by Gasteiger charge is -2.64. The van der Waals surface area contributed by atoms with Gasteiger partial charge in [-0.25, -0.2) is 0 Å². The third-order valence-corrected chi connectivity index (χ3v) is 73.6. The summed E-state index contributed by atoms with van der Waals surface area (Å²) >= 11 is 0. The Labute approximate surface area is 443 Å². The van der Waals surface area contributed by atoms with Crippen LogP contribution in [-0.4, -0.2) is 184 Å². The molecule has 0 spiro atoms. The normalized spacial score (nSPS) is 18.2. The number of nitrogens with zero attached hydrogens (tertiary/aromatic N) is 15. The van der Waals surface area contributed by atoms with Gasteiger partial charge in [0, 0.05) is 24.9 Å². The van der Waals surface area contributed by atoms with Crippen LogP contribution >= 0.6 is 0 Å². The van der Waals surface area contributed by atoms with Crippen molar-refractivity contribution in [2.75, 3.05) is 35.4 Å². The van der Waals surface area contributed by atoms with E-state index in [1.807, 2.05) is 53.3 Å². The monoisotopic (exact) mass is 1280 g/mol. The van der Waals surface area contributed by atoms with Gasteiger partial charge < -0.3 is 51.4 Å². The summed E-state index contributed by atoms with van der Waals surface area (Å²) in [4.78, 5) is 151. The second-order valence-corrected chi connectivity index (χ2v) is 70.7. The van der Waals surface area contributed by atoms with E-state index in [-0.39, 0.29) is 0 Å². The SMILES string of the molecule is CO[Si](C)(C)O[Si](C)(C)O[Si](C)(OC)[C@](C)([C@H](C)N([Si](C)(C)C)[Si](C)(C)N(C)[Si](C)(C)N([Si](C)(C)N)[Si](C)(N=O)N(C)[SiH](N=O)N(C)[SiH](C)N=O)[SiH](C)O[Si](N=O)(N=O)O[Si](N=O)(N=O)O[Si](N=O)(N=O)N=O.